The van der Waals surface area contributed by atoms with Crippen LogP contribution in [0.25, 0.3) is 16.4 Å². The zero-order chi connectivity index (χ0) is 18.8. The number of rotatable bonds is 3. The lowest BCUT2D eigenvalue weighted by Gasteiger charge is -2.08. The van der Waals surface area contributed by atoms with Gasteiger partial charge in [-0.15, -0.1) is 11.3 Å². The van der Waals surface area contributed by atoms with Crippen LogP contribution in [0.1, 0.15) is 41.7 Å². The third-order valence-electron chi connectivity index (χ3n) is 4.84. The number of benzene rings is 1. The summed E-state index contributed by atoms with van der Waals surface area (Å²) >= 11 is 1.61. The van der Waals surface area contributed by atoms with E-state index in [1.165, 1.54) is 36.2 Å². The van der Waals surface area contributed by atoms with Crippen LogP contribution >= 0.6 is 11.3 Å². The molecule has 2 aromatic heterocycles. The molecule has 7 nitrogen and oxygen atoms in total. The van der Waals surface area contributed by atoms with Crippen molar-refractivity contribution in [1.82, 2.24) is 14.8 Å². The maximum absolute atomic E-state index is 10.9. The molecule has 0 fully saturated rings. The van der Waals surface area contributed by atoms with Crippen LogP contribution in [0.4, 0.5) is 5.69 Å². The van der Waals surface area contributed by atoms with Gasteiger partial charge in [0.2, 0.25) is 0 Å². The Morgan fingerprint density at radius 1 is 1.15 bits per heavy atom. The minimum Gasteiger partial charge on any atom is -0.258 e. The summed E-state index contributed by atoms with van der Waals surface area (Å²) in [5.74, 6) is 0.579. The van der Waals surface area contributed by atoms with Crippen LogP contribution in [-0.2, 0) is 12.8 Å². The number of hydrogen-bond donors (Lipinski definition) is 0. The zero-order valence-electron chi connectivity index (χ0n) is 14.6. The van der Waals surface area contributed by atoms with Gasteiger partial charge in [-0.05, 0) is 43.4 Å². The molecule has 0 bridgehead atoms. The minimum atomic E-state index is -0.429. The molecule has 4 rings (SSSR count). The molecule has 2 heterocycles. The van der Waals surface area contributed by atoms with Crippen molar-refractivity contribution in [3.63, 3.8) is 0 Å². The number of hydrogen-bond acceptors (Lipinski definition) is 6. The van der Waals surface area contributed by atoms with Crippen molar-refractivity contribution in [3.8, 4) is 22.5 Å². The quantitative estimate of drug-likeness (QED) is 0.495. The predicted octanol–water partition coefficient (Wildman–Crippen LogP) is 4.43. The second kappa shape index (κ2) is 7.29. The first-order chi connectivity index (χ1) is 13.2. The standard InChI is InChI=1S/C19H17N5O2S/c20-11-16-15-5-3-1-2-4-6-17(15)27-19(16)23-18(21-12-22-23)13-7-9-14(10-8-13)24(25)26/h7-10,12H,1-6H2. The van der Waals surface area contributed by atoms with Crippen LogP contribution < -0.4 is 0 Å². The number of aryl methyl sites for hydroxylation is 1. The number of nitriles is 1. The Bertz CT molecular complexity index is 1030. The Labute approximate surface area is 160 Å². The highest BCUT2D eigenvalue weighted by Gasteiger charge is 2.23. The molecule has 0 unspecified atom stereocenters. The smallest absolute Gasteiger partial charge is 0.258 e. The molecule has 8 heteroatoms. The van der Waals surface area contributed by atoms with E-state index in [2.05, 4.69) is 16.2 Å². The number of thiophene rings is 1. The van der Waals surface area contributed by atoms with Crippen LogP contribution in [-0.4, -0.2) is 19.7 Å². The number of fused-ring (bicyclic) bond motifs is 1. The summed E-state index contributed by atoms with van der Waals surface area (Å²) in [7, 11) is 0. The van der Waals surface area contributed by atoms with Crippen molar-refractivity contribution in [2.24, 2.45) is 0 Å². The Kier molecular flexibility index (Phi) is 4.69. The van der Waals surface area contributed by atoms with Crippen LogP contribution in [0.15, 0.2) is 30.6 Å². The molecule has 1 aliphatic rings. The van der Waals surface area contributed by atoms with Crippen molar-refractivity contribution in [1.29, 1.82) is 5.26 Å². The van der Waals surface area contributed by atoms with E-state index in [1.807, 2.05) is 0 Å². The van der Waals surface area contributed by atoms with E-state index in [4.69, 9.17) is 0 Å². The van der Waals surface area contributed by atoms with Gasteiger partial charge in [-0.2, -0.15) is 10.4 Å². The van der Waals surface area contributed by atoms with Crippen LogP contribution in [0.5, 0.6) is 0 Å². The molecule has 0 spiro atoms. The molecular formula is C19H17N5O2S. The summed E-state index contributed by atoms with van der Waals surface area (Å²) in [6.45, 7) is 0. The molecule has 0 aliphatic heterocycles. The van der Waals surface area contributed by atoms with Gasteiger partial charge < -0.3 is 0 Å². The van der Waals surface area contributed by atoms with Gasteiger partial charge in [0.15, 0.2) is 5.82 Å². The van der Waals surface area contributed by atoms with Crippen molar-refractivity contribution in [2.75, 3.05) is 0 Å². The van der Waals surface area contributed by atoms with Crippen molar-refractivity contribution >= 4 is 17.0 Å². The molecule has 0 radical (unpaired) electrons. The van der Waals surface area contributed by atoms with Gasteiger partial charge >= 0.3 is 0 Å². The first-order valence-corrected chi connectivity index (χ1v) is 9.70. The largest absolute Gasteiger partial charge is 0.269 e. The van der Waals surface area contributed by atoms with Crippen LogP contribution in [0.3, 0.4) is 0 Å². The molecule has 27 heavy (non-hydrogen) atoms. The van der Waals surface area contributed by atoms with Crippen molar-refractivity contribution < 1.29 is 4.92 Å². The third-order valence-corrected chi connectivity index (χ3v) is 6.11. The molecule has 0 N–H and O–H groups in total. The van der Waals surface area contributed by atoms with Crippen molar-refractivity contribution in [3.05, 3.63) is 56.7 Å². The second-order valence-electron chi connectivity index (χ2n) is 6.51. The highest BCUT2D eigenvalue weighted by Crippen LogP contribution is 2.36. The van der Waals surface area contributed by atoms with E-state index < -0.39 is 4.92 Å². The SMILES string of the molecule is N#Cc1c(-n2ncnc2-c2ccc([N+](=O)[O-])cc2)sc2c1CCCCCC2. The number of aromatic nitrogens is 3. The summed E-state index contributed by atoms with van der Waals surface area (Å²) in [5, 5.41) is 25.8. The van der Waals surface area contributed by atoms with E-state index in [-0.39, 0.29) is 5.69 Å². The van der Waals surface area contributed by atoms with Crippen molar-refractivity contribution in [2.45, 2.75) is 38.5 Å². The van der Waals surface area contributed by atoms with Gasteiger partial charge in [-0.3, -0.25) is 10.1 Å². The van der Waals surface area contributed by atoms with Crippen LogP contribution in [0.2, 0.25) is 0 Å². The number of nitro benzene ring substituents is 1. The summed E-state index contributed by atoms with van der Waals surface area (Å²) < 4.78 is 1.69. The molecule has 0 amide bonds. The maximum atomic E-state index is 10.9. The van der Waals surface area contributed by atoms with Gasteiger partial charge in [-0.25, -0.2) is 9.67 Å². The highest BCUT2D eigenvalue weighted by atomic mass is 32.1. The minimum absolute atomic E-state index is 0.0293. The fourth-order valence-corrected chi connectivity index (χ4v) is 4.79. The van der Waals surface area contributed by atoms with E-state index >= 15 is 0 Å². The summed E-state index contributed by atoms with van der Waals surface area (Å²) in [6, 6.07) is 8.60. The topological polar surface area (TPSA) is 97.6 Å². The molecule has 0 atom stereocenters. The van der Waals surface area contributed by atoms with E-state index in [1.54, 1.807) is 28.2 Å². The monoisotopic (exact) mass is 379 g/mol. The Morgan fingerprint density at radius 2 is 1.89 bits per heavy atom. The van der Waals surface area contributed by atoms with E-state index in [9.17, 15) is 15.4 Å². The van der Waals surface area contributed by atoms with Gasteiger partial charge in [0, 0.05) is 22.6 Å². The highest BCUT2D eigenvalue weighted by molar-refractivity contribution is 7.15. The van der Waals surface area contributed by atoms with Crippen LogP contribution in [0, 0.1) is 21.4 Å². The fourth-order valence-electron chi connectivity index (χ4n) is 3.49. The lowest BCUT2D eigenvalue weighted by Crippen LogP contribution is -2.01. The maximum Gasteiger partial charge on any atom is 0.269 e. The average molecular weight is 379 g/mol. The van der Waals surface area contributed by atoms with Gasteiger partial charge in [-0.1, -0.05) is 12.8 Å². The Hall–Kier alpha value is -3.05. The molecule has 1 aromatic carbocycles. The zero-order valence-corrected chi connectivity index (χ0v) is 15.4. The first-order valence-electron chi connectivity index (χ1n) is 8.89. The predicted molar refractivity (Wildman–Crippen MR) is 102 cm³/mol. The van der Waals surface area contributed by atoms with E-state index in [0.29, 0.717) is 11.4 Å². The van der Waals surface area contributed by atoms with Gasteiger partial charge in [0.1, 0.15) is 17.4 Å². The number of non-ortho nitro benzene ring substituents is 1. The Morgan fingerprint density at radius 3 is 2.59 bits per heavy atom. The van der Waals surface area contributed by atoms with E-state index in [0.717, 1.165) is 41.8 Å². The molecule has 3 aromatic rings. The molecule has 0 saturated heterocycles. The third kappa shape index (κ3) is 3.22. The molecular weight excluding hydrogens is 362 g/mol. The van der Waals surface area contributed by atoms with Gasteiger partial charge in [0.25, 0.3) is 5.69 Å². The number of nitrogens with zero attached hydrogens (tertiary/aromatic N) is 5. The average Bonchev–Trinajstić information content (AvgIpc) is 3.26. The molecule has 136 valence electrons. The fraction of sp³-hybridized carbons (Fsp3) is 0.316. The normalized spacial score (nSPS) is 14.0. The summed E-state index contributed by atoms with van der Waals surface area (Å²) in [5.41, 5.74) is 2.59. The molecule has 0 saturated carbocycles. The summed E-state index contributed by atoms with van der Waals surface area (Å²) in [4.78, 5) is 16.1. The Balaban J connectivity index is 1.79. The second-order valence-corrected chi connectivity index (χ2v) is 7.59. The summed E-state index contributed by atoms with van der Waals surface area (Å²) in [6.07, 6.45) is 8.05. The van der Waals surface area contributed by atoms with Gasteiger partial charge in [0.05, 0.1) is 10.5 Å². The lowest BCUT2D eigenvalue weighted by molar-refractivity contribution is -0.384. The molecule has 1 aliphatic carbocycles. The first kappa shape index (κ1) is 17.4. The lowest BCUT2D eigenvalue weighted by atomic mass is 9.97. The number of nitro groups is 1.